The highest BCUT2D eigenvalue weighted by molar-refractivity contribution is 14.0. The van der Waals surface area contributed by atoms with Gasteiger partial charge in [-0.1, -0.05) is 29.8 Å². The summed E-state index contributed by atoms with van der Waals surface area (Å²) in [6, 6.07) is 13.1. The van der Waals surface area contributed by atoms with Gasteiger partial charge in [0, 0.05) is 33.2 Å². The number of ether oxygens (including phenoxy) is 2. The lowest BCUT2D eigenvalue weighted by Crippen LogP contribution is -2.46. The zero-order valence-electron chi connectivity index (χ0n) is 19.1. The predicted molar refractivity (Wildman–Crippen MR) is 138 cm³/mol. The smallest absolute Gasteiger partial charge is 0.191 e. The molecule has 0 amide bonds. The maximum atomic E-state index is 13.9. The van der Waals surface area contributed by atoms with E-state index in [4.69, 9.17) is 9.47 Å². The summed E-state index contributed by atoms with van der Waals surface area (Å²) >= 11 is 0. The van der Waals surface area contributed by atoms with Gasteiger partial charge >= 0.3 is 0 Å². The van der Waals surface area contributed by atoms with E-state index in [2.05, 4.69) is 39.6 Å². The summed E-state index contributed by atoms with van der Waals surface area (Å²) in [5.41, 5.74) is 3.33. The highest BCUT2D eigenvalue weighted by atomic mass is 127. The van der Waals surface area contributed by atoms with Gasteiger partial charge in [0.2, 0.25) is 0 Å². The third kappa shape index (κ3) is 7.60. The van der Waals surface area contributed by atoms with Gasteiger partial charge in [0.15, 0.2) is 5.96 Å². The molecule has 0 bridgehead atoms. The molecule has 0 spiro atoms. The molecule has 3 rings (SSSR count). The fraction of sp³-hybridized carbons (Fsp3) is 0.458. The number of nitrogens with zero attached hydrogens (tertiary/aromatic N) is 2. The van der Waals surface area contributed by atoms with Gasteiger partial charge in [0.05, 0.1) is 26.4 Å². The Kier molecular flexibility index (Phi) is 11.2. The van der Waals surface area contributed by atoms with Gasteiger partial charge < -0.3 is 20.1 Å². The van der Waals surface area contributed by atoms with Crippen molar-refractivity contribution in [2.24, 2.45) is 4.99 Å². The first-order chi connectivity index (χ1) is 15.1. The maximum absolute atomic E-state index is 13.9. The Hall–Kier alpha value is -1.91. The second kappa shape index (κ2) is 13.6. The van der Waals surface area contributed by atoms with Crippen LogP contribution in [-0.4, -0.2) is 64.4 Å². The van der Waals surface area contributed by atoms with Crippen molar-refractivity contribution in [3.05, 3.63) is 65.0 Å². The van der Waals surface area contributed by atoms with Crippen molar-refractivity contribution in [1.82, 2.24) is 15.5 Å². The minimum atomic E-state index is -0.217. The van der Waals surface area contributed by atoms with Crippen molar-refractivity contribution < 1.29 is 13.9 Å². The van der Waals surface area contributed by atoms with E-state index in [0.29, 0.717) is 19.8 Å². The second-order valence-electron chi connectivity index (χ2n) is 7.66. The summed E-state index contributed by atoms with van der Waals surface area (Å²) in [4.78, 5) is 6.68. The molecule has 0 saturated carbocycles. The van der Waals surface area contributed by atoms with E-state index in [9.17, 15) is 4.39 Å². The van der Waals surface area contributed by atoms with Crippen LogP contribution in [0.3, 0.4) is 0 Å². The van der Waals surface area contributed by atoms with E-state index in [1.54, 1.807) is 26.3 Å². The number of hydrogen-bond donors (Lipinski definition) is 2. The lowest BCUT2D eigenvalue weighted by atomic mass is 10.0. The van der Waals surface area contributed by atoms with Gasteiger partial charge in [-0.25, -0.2) is 4.39 Å². The normalized spacial score (nSPS) is 15.6. The number of halogens is 2. The van der Waals surface area contributed by atoms with Crippen LogP contribution >= 0.6 is 24.0 Å². The molecular weight excluding hydrogens is 522 g/mol. The fourth-order valence-corrected chi connectivity index (χ4v) is 3.89. The molecule has 6 nitrogen and oxygen atoms in total. The van der Waals surface area contributed by atoms with E-state index < -0.39 is 0 Å². The standard InChI is InChI=1S/C24H33FN4O2.HI/c1-18-7-8-23(30-3)20(15-18)9-10-27-24(26-2)28-17-22(29-11-13-31-14-12-29)19-5-4-6-21(25)16-19;/h4-8,15-16,22H,9-14,17H2,1-3H3,(H2,26,27,28);1H. The van der Waals surface area contributed by atoms with Gasteiger partial charge in [0.1, 0.15) is 11.6 Å². The van der Waals surface area contributed by atoms with Crippen LogP contribution in [0.25, 0.3) is 0 Å². The first-order valence-electron chi connectivity index (χ1n) is 10.8. The number of nitrogens with one attached hydrogen (secondary N) is 2. The molecule has 0 aromatic heterocycles. The molecule has 1 atom stereocenters. The summed E-state index contributed by atoms with van der Waals surface area (Å²) in [7, 11) is 3.45. The van der Waals surface area contributed by atoms with Gasteiger partial charge in [-0.05, 0) is 42.7 Å². The summed E-state index contributed by atoms with van der Waals surface area (Å²) in [6.45, 7) is 6.45. The zero-order valence-corrected chi connectivity index (χ0v) is 21.4. The van der Waals surface area contributed by atoms with Crippen LogP contribution in [0, 0.1) is 12.7 Å². The lowest BCUT2D eigenvalue weighted by molar-refractivity contribution is 0.0169. The molecule has 2 aromatic rings. The van der Waals surface area contributed by atoms with Crippen molar-refractivity contribution in [1.29, 1.82) is 0 Å². The Morgan fingerprint density at radius 3 is 2.66 bits per heavy atom. The number of morpholine rings is 1. The van der Waals surface area contributed by atoms with Crippen molar-refractivity contribution in [3.8, 4) is 5.75 Å². The Bertz CT molecular complexity index is 875. The van der Waals surface area contributed by atoms with E-state index in [0.717, 1.165) is 48.9 Å². The predicted octanol–water partition coefficient (Wildman–Crippen LogP) is 3.54. The molecule has 1 aliphatic rings. The van der Waals surface area contributed by atoms with E-state index in [-0.39, 0.29) is 35.8 Å². The topological polar surface area (TPSA) is 58.1 Å². The number of benzene rings is 2. The molecule has 1 saturated heterocycles. The molecule has 1 heterocycles. The molecule has 8 heteroatoms. The molecule has 32 heavy (non-hydrogen) atoms. The second-order valence-corrected chi connectivity index (χ2v) is 7.66. The average molecular weight is 556 g/mol. The SMILES string of the molecule is CN=C(NCCc1cc(C)ccc1OC)NCC(c1cccc(F)c1)N1CCOCC1.I. The number of aryl methyl sites for hydroxylation is 1. The first kappa shape index (κ1) is 26.3. The molecule has 176 valence electrons. The van der Waals surface area contributed by atoms with E-state index in [1.165, 1.54) is 11.6 Å². The van der Waals surface area contributed by atoms with Crippen molar-refractivity contribution in [2.45, 2.75) is 19.4 Å². The number of guanidine groups is 1. The van der Waals surface area contributed by atoms with Crippen molar-refractivity contribution in [2.75, 3.05) is 53.6 Å². The van der Waals surface area contributed by atoms with Crippen LogP contribution in [0.4, 0.5) is 4.39 Å². The molecule has 0 aliphatic carbocycles. The average Bonchev–Trinajstić information content (AvgIpc) is 2.79. The van der Waals surface area contributed by atoms with Gasteiger partial charge in [-0.2, -0.15) is 0 Å². The van der Waals surface area contributed by atoms with Crippen LogP contribution in [0.2, 0.25) is 0 Å². The van der Waals surface area contributed by atoms with Crippen LogP contribution in [0.15, 0.2) is 47.5 Å². The number of hydrogen-bond acceptors (Lipinski definition) is 4. The maximum Gasteiger partial charge on any atom is 0.191 e. The molecule has 1 aliphatic heterocycles. The fourth-order valence-electron chi connectivity index (χ4n) is 3.89. The summed E-state index contributed by atoms with van der Waals surface area (Å²) in [5.74, 6) is 1.40. The molecule has 1 unspecified atom stereocenters. The molecular formula is C24H34FIN4O2. The minimum Gasteiger partial charge on any atom is -0.496 e. The van der Waals surface area contributed by atoms with Gasteiger partial charge in [0.25, 0.3) is 0 Å². The molecule has 1 fully saturated rings. The number of aliphatic imine (C=N–C) groups is 1. The quantitative estimate of drug-likeness (QED) is 0.296. The minimum absolute atomic E-state index is 0. The molecule has 2 aromatic carbocycles. The Morgan fingerprint density at radius 1 is 1.19 bits per heavy atom. The number of rotatable bonds is 8. The highest BCUT2D eigenvalue weighted by Gasteiger charge is 2.23. The van der Waals surface area contributed by atoms with E-state index >= 15 is 0 Å². The van der Waals surface area contributed by atoms with Crippen molar-refractivity contribution in [3.63, 3.8) is 0 Å². The van der Waals surface area contributed by atoms with Crippen LogP contribution in [-0.2, 0) is 11.2 Å². The van der Waals surface area contributed by atoms with Crippen LogP contribution in [0.1, 0.15) is 22.7 Å². The number of methoxy groups -OCH3 is 1. The Balaban J connectivity index is 0.00000363. The third-order valence-electron chi connectivity index (χ3n) is 5.53. The summed E-state index contributed by atoms with van der Waals surface area (Å²) < 4.78 is 24.8. The summed E-state index contributed by atoms with van der Waals surface area (Å²) in [6.07, 6.45) is 0.822. The van der Waals surface area contributed by atoms with Crippen LogP contribution < -0.4 is 15.4 Å². The Morgan fingerprint density at radius 2 is 1.97 bits per heavy atom. The zero-order chi connectivity index (χ0) is 22.1. The van der Waals surface area contributed by atoms with Gasteiger partial charge in [-0.3, -0.25) is 9.89 Å². The Labute approximate surface area is 207 Å². The largest absolute Gasteiger partial charge is 0.496 e. The van der Waals surface area contributed by atoms with Gasteiger partial charge in [-0.15, -0.1) is 24.0 Å². The van der Waals surface area contributed by atoms with Crippen molar-refractivity contribution >= 4 is 29.9 Å². The van der Waals surface area contributed by atoms with Crippen LogP contribution in [0.5, 0.6) is 5.75 Å². The molecule has 2 N–H and O–H groups in total. The molecule has 0 radical (unpaired) electrons. The monoisotopic (exact) mass is 556 g/mol. The first-order valence-corrected chi connectivity index (χ1v) is 10.8. The summed E-state index contributed by atoms with van der Waals surface area (Å²) in [5, 5.41) is 6.79. The third-order valence-corrected chi connectivity index (χ3v) is 5.53. The highest BCUT2D eigenvalue weighted by Crippen LogP contribution is 2.22. The lowest BCUT2D eigenvalue weighted by Gasteiger charge is -2.35. The van der Waals surface area contributed by atoms with E-state index in [1.807, 2.05) is 12.1 Å².